The van der Waals surface area contributed by atoms with Gasteiger partial charge in [-0.3, -0.25) is 4.79 Å². The molecule has 1 aliphatic rings. The number of rotatable bonds is 6. The predicted molar refractivity (Wildman–Crippen MR) is 122 cm³/mol. The van der Waals surface area contributed by atoms with E-state index in [1.54, 1.807) is 7.11 Å². The van der Waals surface area contributed by atoms with Crippen molar-refractivity contribution in [3.05, 3.63) is 71.8 Å². The highest BCUT2D eigenvalue weighted by atomic mass is 16.5. The minimum absolute atomic E-state index is 0.0511. The van der Waals surface area contributed by atoms with Gasteiger partial charge in [0.05, 0.1) is 18.7 Å². The van der Waals surface area contributed by atoms with Crippen LogP contribution in [0.1, 0.15) is 24.0 Å². The molecule has 6 heteroatoms. The number of aryl methyl sites for hydroxylation is 1. The van der Waals surface area contributed by atoms with E-state index < -0.39 is 0 Å². The van der Waals surface area contributed by atoms with Gasteiger partial charge in [-0.05, 0) is 55.2 Å². The summed E-state index contributed by atoms with van der Waals surface area (Å²) in [5.74, 6) is 1.67. The van der Waals surface area contributed by atoms with E-state index in [1.807, 2.05) is 48.5 Å². The Morgan fingerprint density at radius 1 is 1.10 bits per heavy atom. The summed E-state index contributed by atoms with van der Waals surface area (Å²) in [5.41, 5.74) is 4.19. The summed E-state index contributed by atoms with van der Waals surface area (Å²) in [6.07, 6.45) is 1.85. The van der Waals surface area contributed by atoms with Crippen molar-refractivity contribution in [2.24, 2.45) is 5.92 Å². The number of methoxy groups -OCH3 is 1. The van der Waals surface area contributed by atoms with Gasteiger partial charge in [-0.2, -0.15) is 0 Å². The molecule has 1 aromatic heterocycles. The predicted octanol–water partition coefficient (Wildman–Crippen LogP) is 3.99. The van der Waals surface area contributed by atoms with Gasteiger partial charge in [0, 0.05) is 25.2 Å². The first-order valence-electron chi connectivity index (χ1n) is 10.7. The topological polar surface area (TPSA) is 67.3 Å². The summed E-state index contributed by atoms with van der Waals surface area (Å²) in [4.78, 5) is 14.9. The number of aromatic nitrogens is 2. The highest BCUT2D eigenvalue weighted by Gasteiger charge is 2.26. The summed E-state index contributed by atoms with van der Waals surface area (Å²) < 4.78 is 5.18. The first-order valence-corrected chi connectivity index (χ1v) is 10.7. The van der Waals surface area contributed by atoms with E-state index in [2.05, 4.69) is 39.5 Å². The zero-order chi connectivity index (χ0) is 21.6. The van der Waals surface area contributed by atoms with Crippen molar-refractivity contribution in [1.82, 2.24) is 15.5 Å². The van der Waals surface area contributed by atoms with Crippen molar-refractivity contribution >= 4 is 11.7 Å². The number of anilines is 1. The number of ether oxygens (including phenoxy) is 1. The molecule has 1 aliphatic heterocycles. The first kappa shape index (κ1) is 20.8. The number of nitrogens with one attached hydrogen (secondary N) is 1. The number of amides is 1. The van der Waals surface area contributed by atoms with E-state index in [4.69, 9.17) is 4.74 Å². The van der Waals surface area contributed by atoms with Crippen molar-refractivity contribution in [3.8, 4) is 17.0 Å². The average Bonchev–Trinajstić information content (AvgIpc) is 2.83. The fourth-order valence-corrected chi connectivity index (χ4v) is 3.97. The maximum Gasteiger partial charge on any atom is 0.225 e. The molecule has 0 spiro atoms. The molecule has 1 atom stereocenters. The molecule has 1 fully saturated rings. The Balaban J connectivity index is 1.36. The quantitative estimate of drug-likeness (QED) is 0.658. The third kappa shape index (κ3) is 5.02. The Bertz CT molecular complexity index is 1020. The Kier molecular flexibility index (Phi) is 6.46. The van der Waals surface area contributed by atoms with Gasteiger partial charge >= 0.3 is 0 Å². The van der Waals surface area contributed by atoms with Crippen LogP contribution < -0.4 is 15.0 Å². The second-order valence-electron chi connectivity index (χ2n) is 7.94. The lowest BCUT2D eigenvalue weighted by molar-refractivity contribution is -0.125. The number of carbonyl (C=O) groups excluding carboxylic acids is 1. The fourth-order valence-electron chi connectivity index (χ4n) is 3.97. The van der Waals surface area contributed by atoms with Gasteiger partial charge in [0.2, 0.25) is 5.91 Å². The van der Waals surface area contributed by atoms with Crippen molar-refractivity contribution in [2.45, 2.75) is 26.3 Å². The molecular weight excluding hydrogens is 388 g/mol. The van der Waals surface area contributed by atoms with Crippen molar-refractivity contribution in [2.75, 3.05) is 25.1 Å². The second kappa shape index (κ2) is 9.60. The maximum absolute atomic E-state index is 12.7. The molecule has 1 amide bonds. The third-order valence-corrected chi connectivity index (χ3v) is 5.81. The summed E-state index contributed by atoms with van der Waals surface area (Å²) in [5, 5.41) is 12.0. The molecule has 0 radical (unpaired) electrons. The molecule has 4 rings (SSSR count). The molecule has 2 heterocycles. The van der Waals surface area contributed by atoms with Gasteiger partial charge < -0.3 is 15.0 Å². The Morgan fingerprint density at radius 3 is 2.61 bits per heavy atom. The molecule has 160 valence electrons. The second-order valence-corrected chi connectivity index (χ2v) is 7.94. The van der Waals surface area contributed by atoms with Gasteiger partial charge in [0.1, 0.15) is 5.75 Å². The molecule has 1 saturated heterocycles. The molecule has 2 aromatic carbocycles. The highest BCUT2D eigenvalue weighted by Crippen LogP contribution is 2.25. The lowest BCUT2D eigenvalue weighted by Gasteiger charge is -2.32. The van der Waals surface area contributed by atoms with Crippen LogP contribution in [0, 0.1) is 12.8 Å². The molecule has 6 nitrogen and oxygen atoms in total. The standard InChI is InChI=1S/C25H28N4O2/c1-18-6-3-4-8-22(18)23-13-14-24(28-27-23)29-15-5-7-20(17-29)25(30)26-16-19-9-11-21(31-2)12-10-19/h3-4,6,8-14,20H,5,7,15-17H2,1-2H3,(H,26,30)/t20-/m1/s1. The minimum atomic E-state index is -0.0511. The zero-order valence-electron chi connectivity index (χ0n) is 18.0. The Hall–Kier alpha value is -3.41. The summed E-state index contributed by atoms with van der Waals surface area (Å²) >= 11 is 0. The van der Waals surface area contributed by atoms with Crippen molar-refractivity contribution < 1.29 is 9.53 Å². The molecule has 0 saturated carbocycles. The molecular formula is C25H28N4O2. The number of carbonyl (C=O) groups is 1. The van der Waals surface area contributed by atoms with Crippen LogP contribution in [-0.2, 0) is 11.3 Å². The van der Waals surface area contributed by atoms with Gasteiger partial charge in [-0.15, -0.1) is 10.2 Å². The lowest BCUT2D eigenvalue weighted by Crippen LogP contribution is -2.43. The Labute approximate surface area is 183 Å². The molecule has 0 aliphatic carbocycles. The van der Waals surface area contributed by atoms with Crippen LogP contribution in [0.4, 0.5) is 5.82 Å². The van der Waals surface area contributed by atoms with Crippen LogP contribution in [-0.4, -0.2) is 36.3 Å². The third-order valence-electron chi connectivity index (χ3n) is 5.81. The molecule has 1 N–H and O–H groups in total. The number of hydrogen-bond acceptors (Lipinski definition) is 5. The summed E-state index contributed by atoms with van der Waals surface area (Å²) in [6, 6.07) is 19.9. The van der Waals surface area contributed by atoms with Crippen molar-refractivity contribution in [1.29, 1.82) is 0 Å². The number of nitrogens with zero attached hydrogens (tertiary/aromatic N) is 3. The van der Waals surface area contributed by atoms with E-state index in [0.717, 1.165) is 47.8 Å². The van der Waals surface area contributed by atoms with Crippen LogP contribution >= 0.6 is 0 Å². The molecule has 3 aromatic rings. The number of piperidine rings is 1. The summed E-state index contributed by atoms with van der Waals surface area (Å²) in [7, 11) is 1.65. The van der Waals surface area contributed by atoms with Crippen LogP contribution in [0.2, 0.25) is 0 Å². The zero-order valence-corrected chi connectivity index (χ0v) is 18.0. The lowest BCUT2D eigenvalue weighted by atomic mass is 9.97. The number of benzene rings is 2. The smallest absolute Gasteiger partial charge is 0.225 e. The first-order chi connectivity index (χ1) is 15.1. The van der Waals surface area contributed by atoms with Gasteiger partial charge in [0.25, 0.3) is 0 Å². The SMILES string of the molecule is COc1ccc(CNC(=O)[C@@H]2CCCN(c3ccc(-c4ccccc4C)nn3)C2)cc1. The van der Waals surface area contributed by atoms with E-state index in [0.29, 0.717) is 13.1 Å². The van der Waals surface area contributed by atoms with Crippen molar-refractivity contribution in [3.63, 3.8) is 0 Å². The van der Waals surface area contributed by atoms with Gasteiger partial charge in [-0.1, -0.05) is 36.4 Å². The Morgan fingerprint density at radius 2 is 1.90 bits per heavy atom. The monoisotopic (exact) mass is 416 g/mol. The fraction of sp³-hybridized carbons (Fsp3) is 0.320. The largest absolute Gasteiger partial charge is 0.497 e. The summed E-state index contributed by atoms with van der Waals surface area (Å²) in [6.45, 7) is 4.14. The van der Waals surface area contributed by atoms with Crippen LogP contribution in [0.5, 0.6) is 5.75 Å². The number of hydrogen-bond donors (Lipinski definition) is 1. The molecule has 0 bridgehead atoms. The van der Waals surface area contributed by atoms with Crippen LogP contribution in [0.15, 0.2) is 60.7 Å². The van der Waals surface area contributed by atoms with E-state index >= 15 is 0 Å². The maximum atomic E-state index is 12.7. The van der Waals surface area contributed by atoms with E-state index in [9.17, 15) is 4.79 Å². The van der Waals surface area contributed by atoms with Crippen LogP contribution in [0.25, 0.3) is 11.3 Å². The van der Waals surface area contributed by atoms with Gasteiger partial charge in [0.15, 0.2) is 5.82 Å². The minimum Gasteiger partial charge on any atom is -0.497 e. The molecule has 31 heavy (non-hydrogen) atoms. The van der Waals surface area contributed by atoms with Gasteiger partial charge in [-0.25, -0.2) is 0 Å². The van der Waals surface area contributed by atoms with E-state index in [1.165, 1.54) is 5.56 Å². The highest BCUT2D eigenvalue weighted by molar-refractivity contribution is 5.79. The average molecular weight is 417 g/mol. The van der Waals surface area contributed by atoms with Crippen LogP contribution in [0.3, 0.4) is 0 Å². The normalized spacial score (nSPS) is 16.1. The molecule has 0 unspecified atom stereocenters. The van der Waals surface area contributed by atoms with E-state index in [-0.39, 0.29) is 11.8 Å².